The zero-order valence-corrected chi connectivity index (χ0v) is 27.2. The largest absolute Gasteiger partial charge is 0.454 e. The third-order valence-electron chi connectivity index (χ3n) is 9.50. The van der Waals surface area contributed by atoms with Gasteiger partial charge in [-0.25, -0.2) is 0 Å². The third kappa shape index (κ3) is 3.95. The second-order valence-electron chi connectivity index (χ2n) is 13.4. The lowest BCUT2D eigenvalue weighted by Crippen LogP contribution is -2.12. The molecular formula is C43H33NOS. The molecule has 0 aliphatic rings. The van der Waals surface area contributed by atoms with E-state index < -0.39 is 0 Å². The van der Waals surface area contributed by atoms with E-state index in [1.54, 1.807) is 0 Å². The van der Waals surface area contributed by atoms with Crippen molar-refractivity contribution in [2.45, 2.75) is 33.1 Å². The monoisotopic (exact) mass is 611 g/mol. The Balaban J connectivity index is 1.41. The molecule has 0 radical (unpaired) electrons. The van der Waals surface area contributed by atoms with Crippen LogP contribution in [0.25, 0.3) is 63.7 Å². The third-order valence-corrected chi connectivity index (χ3v) is 10.7. The summed E-state index contributed by atoms with van der Waals surface area (Å²) >= 11 is 1.89. The van der Waals surface area contributed by atoms with E-state index >= 15 is 0 Å². The van der Waals surface area contributed by atoms with Crippen molar-refractivity contribution in [3.8, 4) is 0 Å². The molecular weight excluding hydrogens is 579 g/mol. The first-order valence-electron chi connectivity index (χ1n) is 15.9. The van der Waals surface area contributed by atoms with Crippen LogP contribution in [0, 0.1) is 6.92 Å². The van der Waals surface area contributed by atoms with Gasteiger partial charge in [-0.15, -0.1) is 11.3 Å². The second-order valence-corrected chi connectivity index (χ2v) is 14.4. The molecule has 0 fully saturated rings. The van der Waals surface area contributed by atoms with Gasteiger partial charge in [0.1, 0.15) is 5.58 Å². The van der Waals surface area contributed by atoms with Gasteiger partial charge < -0.3 is 9.32 Å². The Hall–Kier alpha value is -5.12. The van der Waals surface area contributed by atoms with Crippen LogP contribution >= 0.6 is 11.3 Å². The molecule has 0 amide bonds. The zero-order chi connectivity index (χ0) is 31.2. The van der Waals surface area contributed by atoms with Crippen molar-refractivity contribution in [1.82, 2.24) is 0 Å². The van der Waals surface area contributed by atoms with Crippen LogP contribution in [0.5, 0.6) is 0 Å². The van der Waals surface area contributed by atoms with E-state index in [4.69, 9.17) is 4.42 Å². The summed E-state index contributed by atoms with van der Waals surface area (Å²) in [4.78, 5) is 2.43. The van der Waals surface area contributed by atoms with E-state index in [2.05, 4.69) is 160 Å². The molecule has 0 aliphatic heterocycles. The summed E-state index contributed by atoms with van der Waals surface area (Å²) in [6.07, 6.45) is 0. The van der Waals surface area contributed by atoms with Gasteiger partial charge in [-0.05, 0) is 52.3 Å². The molecule has 0 aliphatic carbocycles. The highest BCUT2D eigenvalue weighted by atomic mass is 32.1. The molecule has 46 heavy (non-hydrogen) atoms. The Morgan fingerprint density at radius 1 is 0.543 bits per heavy atom. The first-order chi connectivity index (χ1) is 22.4. The number of nitrogens with zero attached hydrogens (tertiary/aromatic N) is 1. The van der Waals surface area contributed by atoms with Gasteiger partial charge in [0.05, 0.1) is 11.4 Å². The second kappa shape index (κ2) is 9.94. The Labute approximate surface area is 272 Å². The fourth-order valence-electron chi connectivity index (χ4n) is 7.31. The number of hydrogen-bond donors (Lipinski definition) is 0. The molecule has 9 rings (SSSR count). The van der Waals surface area contributed by atoms with Crippen molar-refractivity contribution in [2.75, 3.05) is 4.90 Å². The van der Waals surface area contributed by atoms with E-state index in [9.17, 15) is 0 Å². The normalized spacial score (nSPS) is 12.3. The number of aryl methyl sites for hydroxylation is 1. The zero-order valence-electron chi connectivity index (χ0n) is 26.4. The molecule has 2 nitrogen and oxygen atoms in total. The van der Waals surface area contributed by atoms with E-state index in [0.717, 1.165) is 39.0 Å². The SMILES string of the molecule is Cc1ccccc1N(c1cc2sc3c4ccccc4ccc3c2c2ccccc12)c1cccc2c1oc1c(C(C)(C)C)cccc12. The van der Waals surface area contributed by atoms with Crippen LogP contribution in [0.2, 0.25) is 0 Å². The van der Waals surface area contributed by atoms with Crippen LogP contribution in [-0.4, -0.2) is 0 Å². The maximum Gasteiger partial charge on any atom is 0.159 e. The van der Waals surface area contributed by atoms with Crippen LogP contribution in [0.1, 0.15) is 31.9 Å². The molecule has 0 saturated heterocycles. The molecule has 0 bridgehead atoms. The molecule has 0 unspecified atom stereocenters. The van der Waals surface area contributed by atoms with Gasteiger partial charge in [0.25, 0.3) is 0 Å². The summed E-state index contributed by atoms with van der Waals surface area (Å²) in [5, 5.41) is 10.0. The predicted molar refractivity (Wildman–Crippen MR) is 200 cm³/mol. The van der Waals surface area contributed by atoms with Crippen LogP contribution < -0.4 is 4.90 Å². The first kappa shape index (κ1) is 27.2. The quantitative estimate of drug-likeness (QED) is 0.198. The summed E-state index contributed by atoms with van der Waals surface area (Å²) in [6, 6.07) is 46.4. The lowest BCUT2D eigenvalue weighted by atomic mass is 9.86. The molecule has 9 aromatic rings. The lowest BCUT2D eigenvalue weighted by Gasteiger charge is -2.28. The minimum Gasteiger partial charge on any atom is -0.454 e. The molecule has 0 atom stereocenters. The number of hydrogen-bond acceptors (Lipinski definition) is 3. The van der Waals surface area contributed by atoms with Gasteiger partial charge in [-0.1, -0.05) is 130 Å². The summed E-state index contributed by atoms with van der Waals surface area (Å²) in [5.41, 5.74) is 7.59. The minimum atomic E-state index is -0.0458. The standard InChI is InChI=1S/C43H33NOS/c1-26-13-5-10-21-35(26)44(36-22-12-19-32-31-18-11-20-34(43(2,3)4)40(31)45-41(32)36)37-25-38-39(30-17-9-8-16-29(30)37)33-24-23-27-14-6-7-15-28(27)42(33)46-38/h5-25H,1-4H3. The molecule has 7 aromatic carbocycles. The van der Waals surface area contributed by atoms with Crippen LogP contribution in [0.4, 0.5) is 17.1 Å². The number of anilines is 3. The molecule has 0 saturated carbocycles. The van der Waals surface area contributed by atoms with Crippen molar-refractivity contribution in [2.24, 2.45) is 0 Å². The summed E-state index contributed by atoms with van der Waals surface area (Å²) < 4.78 is 9.58. The van der Waals surface area contributed by atoms with Crippen molar-refractivity contribution in [1.29, 1.82) is 0 Å². The first-order valence-corrected chi connectivity index (χ1v) is 16.8. The minimum absolute atomic E-state index is 0.0458. The smallest absolute Gasteiger partial charge is 0.159 e. The predicted octanol–water partition coefficient (Wildman–Crippen LogP) is 13.3. The number of fused-ring (bicyclic) bond motifs is 10. The van der Waals surface area contributed by atoms with Crippen molar-refractivity contribution in [3.05, 3.63) is 139 Å². The van der Waals surface area contributed by atoms with E-state index in [0.29, 0.717) is 0 Å². The summed E-state index contributed by atoms with van der Waals surface area (Å²) in [6.45, 7) is 8.96. The highest BCUT2D eigenvalue weighted by molar-refractivity contribution is 7.27. The average molecular weight is 612 g/mol. The molecule has 0 spiro atoms. The van der Waals surface area contributed by atoms with Gasteiger partial charge in [0.15, 0.2) is 5.58 Å². The van der Waals surface area contributed by atoms with Crippen molar-refractivity contribution < 1.29 is 4.42 Å². The molecule has 2 aromatic heterocycles. The van der Waals surface area contributed by atoms with Gasteiger partial charge >= 0.3 is 0 Å². The number of thiophene rings is 1. The fourth-order valence-corrected chi connectivity index (χ4v) is 8.60. The molecule has 3 heteroatoms. The van der Waals surface area contributed by atoms with E-state index in [1.165, 1.54) is 52.8 Å². The topological polar surface area (TPSA) is 16.4 Å². The fraction of sp³-hybridized carbons (Fsp3) is 0.116. The maximum atomic E-state index is 6.96. The lowest BCUT2D eigenvalue weighted by molar-refractivity contribution is 0.573. The average Bonchev–Trinajstić information content (AvgIpc) is 3.64. The van der Waals surface area contributed by atoms with Crippen LogP contribution in [0.3, 0.4) is 0 Å². The Morgan fingerprint density at radius 2 is 1.20 bits per heavy atom. The highest BCUT2D eigenvalue weighted by Crippen LogP contribution is 2.50. The number of rotatable bonds is 3. The van der Waals surface area contributed by atoms with E-state index in [1.807, 2.05) is 11.3 Å². The molecule has 0 N–H and O–H groups in total. The summed E-state index contributed by atoms with van der Waals surface area (Å²) in [5.74, 6) is 0. The van der Waals surface area contributed by atoms with Crippen molar-refractivity contribution in [3.63, 3.8) is 0 Å². The van der Waals surface area contributed by atoms with Crippen molar-refractivity contribution >= 4 is 92.1 Å². The Kier molecular flexibility index (Phi) is 5.88. The van der Waals surface area contributed by atoms with Gasteiger partial charge in [-0.2, -0.15) is 0 Å². The molecule has 2 heterocycles. The van der Waals surface area contributed by atoms with Crippen LogP contribution in [0.15, 0.2) is 132 Å². The maximum absolute atomic E-state index is 6.96. The van der Waals surface area contributed by atoms with E-state index in [-0.39, 0.29) is 5.41 Å². The van der Waals surface area contributed by atoms with Crippen LogP contribution in [-0.2, 0) is 5.41 Å². The number of para-hydroxylation sites is 3. The number of furan rings is 1. The molecule has 222 valence electrons. The summed E-state index contributed by atoms with van der Waals surface area (Å²) in [7, 11) is 0. The van der Waals surface area contributed by atoms with Gasteiger partial charge in [0, 0.05) is 47.6 Å². The van der Waals surface area contributed by atoms with Gasteiger partial charge in [0.2, 0.25) is 0 Å². The highest BCUT2D eigenvalue weighted by Gasteiger charge is 2.26. The Morgan fingerprint density at radius 3 is 2.00 bits per heavy atom. The Bertz CT molecular complexity index is 2650. The van der Waals surface area contributed by atoms with Gasteiger partial charge in [-0.3, -0.25) is 0 Å². The number of benzene rings is 7.